The molecule has 2 rings (SSSR count). The summed E-state index contributed by atoms with van der Waals surface area (Å²) >= 11 is 22.9. The normalized spacial score (nSPS) is 11.6. The summed E-state index contributed by atoms with van der Waals surface area (Å²) in [6.45, 7) is 2.88. The van der Waals surface area contributed by atoms with E-state index in [4.69, 9.17) is 44.8 Å². The Balaban J connectivity index is 2.37. The average Bonchev–Trinajstić information content (AvgIpc) is 2.54. The summed E-state index contributed by atoms with van der Waals surface area (Å²) in [5, 5.41) is 5.40. The first-order valence-electron chi connectivity index (χ1n) is 7.29. The molecular formula is C16H16N2O2S6. The molecule has 0 saturated carbocycles. The van der Waals surface area contributed by atoms with Crippen LogP contribution in [0.4, 0.5) is 11.4 Å². The summed E-state index contributed by atoms with van der Waals surface area (Å²) in [5.74, 6) is -0.308. The summed E-state index contributed by atoms with van der Waals surface area (Å²) in [4.78, 5) is 23.7. The molecule has 0 aromatic heterocycles. The maximum atomic E-state index is 11.1. The standard InChI is InChI=1S/C16H16N2O2S6/c1-11(19)17-13-3-7-15(8-4-13)25(21,22)26(23,24)16-9-5-14(6-10-16)18-12(2)20/h3-10H,1-2H3,(H,17,19)(H,18,20). The van der Waals surface area contributed by atoms with E-state index in [0.717, 1.165) is 9.79 Å². The van der Waals surface area contributed by atoms with Gasteiger partial charge in [0.25, 0.3) is 0 Å². The lowest BCUT2D eigenvalue weighted by Crippen LogP contribution is -2.12. The minimum atomic E-state index is -2.29. The number of carbonyl (C=O) groups excluding carboxylic acids is 2. The van der Waals surface area contributed by atoms with E-state index in [9.17, 15) is 9.59 Å². The summed E-state index contributed by atoms with van der Waals surface area (Å²) < 4.78 is 0. The number of benzene rings is 2. The first-order valence-corrected chi connectivity index (χ1v) is 14.8. The molecule has 2 N–H and O–H groups in total. The van der Waals surface area contributed by atoms with Crippen LogP contribution in [0, 0.1) is 0 Å². The van der Waals surface area contributed by atoms with Crippen LogP contribution in [0.3, 0.4) is 0 Å². The van der Waals surface area contributed by atoms with Crippen LogP contribution in [0.25, 0.3) is 0 Å². The van der Waals surface area contributed by atoms with Crippen LogP contribution >= 0.6 is 0 Å². The molecule has 0 aliphatic heterocycles. The second-order valence-electron chi connectivity index (χ2n) is 5.32. The molecule has 0 aliphatic rings. The van der Waals surface area contributed by atoms with Gasteiger partial charge in [0, 0.05) is 35.0 Å². The predicted molar refractivity (Wildman–Crippen MR) is 122 cm³/mol. The van der Waals surface area contributed by atoms with Crippen molar-refractivity contribution in [1.82, 2.24) is 0 Å². The molecule has 10 heteroatoms. The zero-order valence-corrected chi connectivity index (χ0v) is 18.8. The van der Waals surface area contributed by atoms with Gasteiger partial charge in [-0.15, -0.1) is 0 Å². The second-order valence-corrected chi connectivity index (χ2v) is 20.9. The van der Waals surface area contributed by atoms with Crippen LogP contribution in [0.5, 0.6) is 0 Å². The smallest absolute Gasteiger partial charge is 0.221 e. The van der Waals surface area contributed by atoms with Crippen molar-refractivity contribution in [3.05, 3.63) is 48.5 Å². The molecule has 26 heavy (non-hydrogen) atoms. The van der Waals surface area contributed by atoms with Crippen molar-refractivity contribution in [2.75, 3.05) is 10.6 Å². The van der Waals surface area contributed by atoms with Crippen molar-refractivity contribution < 1.29 is 9.59 Å². The number of hydrogen-bond donors (Lipinski definition) is 2. The predicted octanol–water partition coefficient (Wildman–Crippen LogP) is 3.09. The molecule has 138 valence electrons. The molecular weight excluding hydrogens is 445 g/mol. The number of rotatable bonds is 5. The third kappa shape index (κ3) is 4.81. The number of amides is 2. The molecule has 0 saturated heterocycles. The van der Waals surface area contributed by atoms with Crippen LogP contribution in [0.2, 0.25) is 0 Å². The molecule has 2 amide bonds. The number of hydrogen-bond acceptors (Lipinski definition) is 6. The number of anilines is 2. The van der Waals surface area contributed by atoms with Gasteiger partial charge in [0.2, 0.25) is 11.8 Å². The SMILES string of the molecule is CC(=O)Nc1ccc(S(=S)(=S)S(=S)(=S)c2ccc(NC(C)=O)cc2)cc1. The fourth-order valence-electron chi connectivity index (χ4n) is 2.07. The van der Waals surface area contributed by atoms with Crippen molar-refractivity contribution in [2.24, 2.45) is 0 Å². The van der Waals surface area contributed by atoms with Crippen LogP contribution in [-0.2, 0) is 66.7 Å². The zero-order valence-electron chi connectivity index (χ0n) is 13.9. The van der Waals surface area contributed by atoms with E-state index in [1.165, 1.54) is 13.8 Å². The van der Waals surface area contributed by atoms with Gasteiger partial charge < -0.3 is 10.6 Å². The summed E-state index contributed by atoms with van der Waals surface area (Å²) in [5.41, 5.74) is 1.32. The zero-order chi connectivity index (χ0) is 19.5. The Kier molecular flexibility index (Phi) is 6.81. The first-order chi connectivity index (χ1) is 12.0. The fraction of sp³-hybridized carbons (Fsp3) is 0.125. The Bertz CT molecular complexity index is 953. The highest BCUT2D eigenvalue weighted by Gasteiger charge is 2.19. The molecule has 0 atom stereocenters. The summed E-state index contributed by atoms with van der Waals surface area (Å²) in [7, 11) is 0. The highest BCUT2D eigenvalue weighted by molar-refractivity contribution is 9.11. The fourth-order valence-corrected chi connectivity index (χ4v) is 9.86. The van der Waals surface area contributed by atoms with E-state index in [-0.39, 0.29) is 11.8 Å². The number of carbonyl (C=O) groups is 2. The van der Waals surface area contributed by atoms with E-state index in [1.807, 2.05) is 0 Å². The van der Waals surface area contributed by atoms with E-state index in [1.54, 1.807) is 48.5 Å². The molecule has 0 radical (unpaired) electrons. The highest BCUT2D eigenvalue weighted by Crippen LogP contribution is 2.28. The van der Waals surface area contributed by atoms with Crippen LogP contribution < -0.4 is 10.6 Å². The molecule has 2 aromatic rings. The van der Waals surface area contributed by atoms with Gasteiger partial charge in [0.15, 0.2) is 0 Å². The Morgan fingerprint density at radius 1 is 0.654 bits per heavy atom. The van der Waals surface area contributed by atoms with Gasteiger partial charge in [-0.05, 0) is 106 Å². The maximum absolute atomic E-state index is 11.1. The quantitative estimate of drug-likeness (QED) is 0.669. The average molecular weight is 461 g/mol. The van der Waals surface area contributed by atoms with Crippen molar-refractivity contribution in [3.63, 3.8) is 0 Å². The van der Waals surface area contributed by atoms with Gasteiger partial charge in [0.05, 0.1) is 0 Å². The lowest BCUT2D eigenvalue weighted by molar-refractivity contribution is -0.115. The van der Waals surface area contributed by atoms with Gasteiger partial charge in [-0.25, -0.2) is 0 Å². The number of nitrogens with one attached hydrogen (secondary N) is 2. The van der Waals surface area contributed by atoms with E-state index in [0.29, 0.717) is 11.4 Å². The molecule has 0 bridgehead atoms. The topological polar surface area (TPSA) is 58.2 Å². The van der Waals surface area contributed by atoms with Crippen LogP contribution in [0.1, 0.15) is 13.8 Å². The van der Waals surface area contributed by atoms with Crippen molar-refractivity contribution in [3.8, 4) is 0 Å². The molecule has 0 spiro atoms. The van der Waals surface area contributed by atoms with Crippen molar-refractivity contribution in [2.45, 2.75) is 23.6 Å². The second kappa shape index (κ2) is 8.32. The van der Waals surface area contributed by atoms with Crippen molar-refractivity contribution in [1.29, 1.82) is 0 Å². The molecule has 0 aliphatic carbocycles. The van der Waals surface area contributed by atoms with Crippen LogP contribution in [0.15, 0.2) is 58.3 Å². The maximum Gasteiger partial charge on any atom is 0.221 e. The van der Waals surface area contributed by atoms with Gasteiger partial charge in [-0.2, -0.15) is 0 Å². The lowest BCUT2D eigenvalue weighted by atomic mass is 10.3. The molecule has 0 heterocycles. The minimum Gasteiger partial charge on any atom is -0.326 e. The van der Waals surface area contributed by atoms with E-state index >= 15 is 0 Å². The van der Waals surface area contributed by atoms with E-state index in [2.05, 4.69) is 10.6 Å². The van der Waals surface area contributed by atoms with Gasteiger partial charge >= 0.3 is 0 Å². The van der Waals surface area contributed by atoms with Crippen LogP contribution in [-0.4, -0.2) is 11.8 Å². The third-order valence-electron chi connectivity index (χ3n) is 3.22. The lowest BCUT2D eigenvalue weighted by Gasteiger charge is -2.19. The van der Waals surface area contributed by atoms with Gasteiger partial charge in [0.1, 0.15) is 0 Å². The Hall–Kier alpha value is -1.04. The highest BCUT2D eigenvalue weighted by atomic mass is 33.7. The van der Waals surface area contributed by atoms with E-state index < -0.39 is 12.4 Å². The summed E-state index contributed by atoms with van der Waals surface area (Å²) in [6, 6.07) is 14.1. The monoisotopic (exact) mass is 460 g/mol. The minimum absolute atomic E-state index is 0.154. The van der Waals surface area contributed by atoms with Gasteiger partial charge in [-0.3, -0.25) is 9.59 Å². The Labute approximate surface area is 171 Å². The largest absolute Gasteiger partial charge is 0.326 e. The van der Waals surface area contributed by atoms with Crippen molar-refractivity contribution >= 4 is 80.3 Å². The summed E-state index contributed by atoms with van der Waals surface area (Å²) in [6.07, 6.45) is -4.59. The Morgan fingerprint density at radius 3 is 1.15 bits per heavy atom. The molecule has 0 unspecified atom stereocenters. The Morgan fingerprint density at radius 2 is 0.923 bits per heavy atom. The molecule has 2 aromatic carbocycles. The van der Waals surface area contributed by atoms with Gasteiger partial charge in [-0.1, -0.05) is 0 Å². The first kappa shape index (κ1) is 21.3. The molecule has 0 fully saturated rings. The third-order valence-corrected chi connectivity index (χ3v) is 21.1. The molecule has 4 nitrogen and oxygen atoms in total.